The van der Waals surface area contributed by atoms with Crippen molar-refractivity contribution in [3.63, 3.8) is 0 Å². The fraction of sp³-hybridized carbons (Fsp3) is 0.400. The normalized spacial score (nSPS) is 10.5. The minimum atomic E-state index is 0.740. The van der Waals surface area contributed by atoms with Gasteiger partial charge in [0, 0.05) is 0 Å². The summed E-state index contributed by atoms with van der Waals surface area (Å²) in [5, 5.41) is 0. The van der Waals surface area contributed by atoms with Crippen LogP contribution in [0.5, 0.6) is 5.75 Å². The Bertz CT molecular complexity index is 263. The predicted octanol–water partition coefficient (Wildman–Crippen LogP) is 0.421. The van der Waals surface area contributed by atoms with E-state index >= 15 is 0 Å². The van der Waals surface area contributed by atoms with E-state index < -0.39 is 0 Å². The number of ether oxygens (including phenoxy) is 1. The van der Waals surface area contributed by atoms with Crippen LogP contribution in [0.2, 0.25) is 0 Å². The van der Waals surface area contributed by atoms with Gasteiger partial charge >= 0.3 is 88.1 Å². The van der Waals surface area contributed by atoms with Gasteiger partial charge in [0.2, 0.25) is 0 Å². The van der Waals surface area contributed by atoms with Crippen molar-refractivity contribution >= 4 is 21.2 Å². The summed E-state index contributed by atoms with van der Waals surface area (Å²) in [7, 11) is 4.08. The second kappa shape index (κ2) is 5.31. The number of benzene rings is 1. The van der Waals surface area contributed by atoms with Crippen LogP contribution in [0.25, 0.3) is 0 Å². The summed E-state index contributed by atoms with van der Waals surface area (Å²) in [6.07, 6.45) is 0. The molecule has 0 bridgehead atoms. The zero-order valence-corrected chi connectivity index (χ0v) is 9.90. The average Bonchev–Trinajstić information content (AvgIpc) is 2.03. The number of hydrogen-bond donors (Lipinski definition) is 0. The van der Waals surface area contributed by atoms with Crippen LogP contribution < -0.4 is 9.09 Å². The van der Waals surface area contributed by atoms with Crippen LogP contribution in [0.3, 0.4) is 0 Å². The van der Waals surface area contributed by atoms with Gasteiger partial charge in [-0.05, 0) is 0 Å². The van der Waals surface area contributed by atoms with Crippen LogP contribution in [-0.4, -0.2) is 49.0 Å². The van der Waals surface area contributed by atoms with Crippen LogP contribution in [0, 0.1) is 0 Å². The predicted molar refractivity (Wildman–Crippen MR) is 55.9 cm³/mol. The second-order valence-electron chi connectivity index (χ2n) is 3.15. The summed E-state index contributed by atoms with van der Waals surface area (Å²) < 4.78 is 6.72. The van der Waals surface area contributed by atoms with Gasteiger partial charge in [0.25, 0.3) is 0 Å². The monoisotopic (exact) mass is 239 g/mol. The third-order valence-corrected chi connectivity index (χ3v) is 2.21. The molecule has 0 atom stereocenters. The van der Waals surface area contributed by atoms with E-state index in [9.17, 15) is 0 Å². The molecule has 2 radical (unpaired) electrons. The van der Waals surface area contributed by atoms with E-state index in [1.54, 1.807) is 0 Å². The van der Waals surface area contributed by atoms with Crippen molar-refractivity contribution in [2.24, 2.45) is 0 Å². The molecule has 0 heterocycles. The van der Waals surface area contributed by atoms with E-state index in [0.29, 0.717) is 0 Å². The molecule has 0 spiro atoms. The van der Waals surface area contributed by atoms with Crippen LogP contribution in [0.15, 0.2) is 24.3 Å². The third-order valence-electron chi connectivity index (χ3n) is 1.62. The summed E-state index contributed by atoms with van der Waals surface area (Å²) in [5.74, 6) is 0.944. The first-order valence-electron chi connectivity index (χ1n) is 4.25. The Labute approximate surface area is 88.4 Å². The third kappa shape index (κ3) is 4.35. The molecule has 1 rings (SSSR count). The average molecular weight is 239 g/mol. The Morgan fingerprint density at radius 3 is 2.77 bits per heavy atom. The quantitative estimate of drug-likeness (QED) is 0.706. The molecule has 0 saturated heterocycles. The zero-order chi connectivity index (χ0) is 9.68. The van der Waals surface area contributed by atoms with Crippen molar-refractivity contribution in [3.05, 3.63) is 24.3 Å². The molecule has 0 unspecified atom stereocenters. The van der Waals surface area contributed by atoms with Crippen molar-refractivity contribution in [1.82, 2.24) is 4.90 Å². The van der Waals surface area contributed by atoms with Gasteiger partial charge in [-0.1, -0.05) is 0 Å². The minimum absolute atomic E-state index is 0.740. The Balaban J connectivity index is 2.37. The molecule has 0 aromatic heterocycles. The molecule has 0 aliphatic carbocycles. The molecule has 0 N–H and O–H groups in total. The van der Waals surface area contributed by atoms with Crippen molar-refractivity contribution in [2.75, 3.05) is 27.2 Å². The van der Waals surface area contributed by atoms with Crippen molar-refractivity contribution < 1.29 is 4.74 Å². The summed E-state index contributed by atoms with van der Waals surface area (Å²) in [5.41, 5.74) is 0. The molecule has 13 heavy (non-hydrogen) atoms. The first-order chi connectivity index (χ1) is 6.18. The topological polar surface area (TPSA) is 12.5 Å². The van der Waals surface area contributed by atoms with Crippen molar-refractivity contribution in [3.8, 4) is 5.75 Å². The van der Waals surface area contributed by atoms with Crippen LogP contribution in [0.1, 0.15) is 0 Å². The first kappa shape index (κ1) is 10.6. The molecule has 70 valence electrons. The van der Waals surface area contributed by atoms with Crippen LogP contribution in [0.4, 0.5) is 0 Å². The SMILES string of the molecule is CN(C)CCOc1cccc([As])c1. The van der Waals surface area contributed by atoms with E-state index in [1.165, 1.54) is 4.35 Å². The molecule has 3 heteroatoms. The molecule has 0 fully saturated rings. The van der Waals surface area contributed by atoms with Gasteiger partial charge in [0.1, 0.15) is 0 Å². The fourth-order valence-electron chi connectivity index (χ4n) is 0.919. The molecule has 0 aliphatic heterocycles. The fourth-order valence-corrected chi connectivity index (χ4v) is 1.37. The molecule has 1 aromatic rings. The Kier molecular flexibility index (Phi) is 4.34. The summed E-state index contributed by atoms with van der Waals surface area (Å²) >= 11 is 2.51. The van der Waals surface area contributed by atoms with Crippen molar-refractivity contribution in [2.45, 2.75) is 0 Å². The van der Waals surface area contributed by atoms with Gasteiger partial charge < -0.3 is 0 Å². The van der Waals surface area contributed by atoms with E-state index in [1.807, 2.05) is 38.4 Å². The van der Waals surface area contributed by atoms with Crippen molar-refractivity contribution in [1.29, 1.82) is 0 Å². The molecule has 1 aromatic carbocycles. The number of hydrogen-bond acceptors (Lipinski definition) is 2. The van der Waals surface area contributed by atoms with Gasteiger partial charge in [-0.3, -0.25) is 0 Å². The number of likely N-dealkylation sites (N-methyl/N-ethyl adjacent to an activating group) is 1. The van der Waals surface area contributed by atoms with Gasteiger partial charge in [-0.2, -0.15) is 0 Å². The zero-order valence-electron chi connectivity index (χ0n) is 8.03. The molecule has 0 amide bonds. The molecule has 0 aliphatic rings. The van der Waals surface area contributed by atoms with Gasteiger partial charge in [-0.15, -0.1) is 0 Å². The maximum atomic E-state index is 5.55. The second-order valence-corrected chi connectivity index (χ2v) is 4.23. The van der Waals surface area contributed by atoms with Gasteiger partial charge in [0.15, 0.2) is 0 Å². The van der Waals surface area contributed by atoms with Gasteiger partial charge in [-0.25, -0.2) is 0 Å². The number of rotatable bonds is 4. The van der Waals surface area contributed by atoms with Gasteiger partial charge in [0.05, 0.1) is 0 Å². The molecular weight excluding hydrogens is 225 g/mol. The van der Waals surface area contributed by atoms with E-state index in [2.05, 4.69) is 21.8 Å². The Morgan fingerprint density at radius 1 is 1.38 bits per heavy atom. The summed E-state index contributed by atoms with van der Waals surface area (Å²) in [4.78, 5) is 2.10. The van der Waals surface area contributed by atoms with E-state index in [4.69, 9.17) is 4.74 Å². The van der Waals surface area contributed by atoms with E-state index in [-0.39, 0.29) is 0 Å². The molecule has 2 nitrogen and oxygen atoms in total. The summed E-state index contributed by atoms with van der Waals surface area (Å²) in [6.45, 7) is 1.69. The standard InChI is InChI=1S/C10H14AsNO/c1-12(2)6-7-13-10-5-3-4-9(11)8-10/h3-5,8H,6-7H2,1-2H3. The summed E-state index contributed by atoms with van der Waals surface area (Å²) in [6, 6.07) is 8.04. The number of nitrogens with zero attached hydrogens (tertiary/aromatic N) is 1. The molecular formula is C10H14AsNO. The maximum absolute atomic E-state index is 5.55. The molecule has 0 saturated carbocycles. The van der Waals surface area contributed by atoms with Crippen LogP contribution in [-0.2, 0) is 0 Å². The Hall–Kier alpha value is -0.462. The van der Waals surface area contributed by atoms with Crippen LogP contribution >= 0.6 is 0 Å². The van der Waals surface area contributed by atoms with E-state index in [0.717, 1.165) is 18.9 Å². The first-order valence-corrected chi connectivity index (χ1v) is 5.19. The Morgan fingerprint density at radius 2 is 2.15 bits per heavy atom.